The standard InChI is InChI=1S/C15H21N/c1-4-9-15(10-5-1)11-8-13-6-2-3-7-14(13)12-16-15/h2-3,6-7,16H,1,4-5,8-12H2. The van der Waals surface area contributed by atoms with E-state index < -0.39 is 0 Å². The first-order chi connectivity index (χ1) is 7.88. The summed E-state index contributed by atoms with van der Waals surface area (Å²) in [5.74, 6) is 0. The molecule has 1 spiro atoms. The summed E-state index contributed by atoms with van der Waals surface area (Å²) < 4.78 is 0. The zero-order valence-electron chi connectivity index (χ0n) is 9.97. The van der Waals surface area contributed by atoms with Gasteiger partial charge in [0.1, 0.15) is 0 Å². The van der Waals surface area contributed by atoms with Crippen molar-refractivity contribution in [3.63, 3.8) is 0 Å². The lowest BCUT2D eigenvalue weighted by Gasteiger charge is -2.37. The first-order valence-corrected chi connectivity index (χ1v) is 6.70. The normalized spacial score (nSPS) is 23.8. The highest BCUT2D eigenvalue weighted by atomic mass is 15.0. The topological polar surface area (TPSA) is 12.0 Å². The Morgan fingerprint density at radius 2 is 1.62 bits per heavy atom. The highest BCUT2D eigenvalue weighted by molar-refractivity contribution is 5.29. The molecule has 1 aliphatic carbocycles. The van der Waals surface area contributed by atoms with E-state index in [1.54, 1.807) is 5.56 Å². The monoisotopic (exact) mass is 215 g/mol. The maximum atomic E-state index is 3.85. The van der Waals surface area contributed by atoms with Gasteiger partial charge in [0.2, 0.25) is 0 Å². The molecule has 0 unspecified atom stereocenters. The summed E-state index contributed by atoms with van der Waals surface area (Å²) in [5.41, 5.74) is 3.56. The molecule has 1 heterocycles. The average molecular weight is 215 g/mol. The zero-order chi connectivity index (χ0) is 10.8. The second-order valence-corrected chi connectivity index (χ2v) is 5.46. The third-order valence-corrected chi connectivity index (χ3v) is 4.46. The van der Waals surface area contributed by atoms with Crippen molar-refractivity contribution in [2.75, 3.05) is 0 Å². The molecule has 16 heavy (non-hydrogen) atoms. The Morgan fingerprint density at radius 3 is 2.44 bits per heavy atom. The summed E-state index contributed by atoms with van der Waals surface area (Å²) in [4.78, 5) is 0. The van der Waals surface area contributed by atoms with Crippen LogP contribution in [0.3, 0.4) is 0 Å². The minimum atomic E-state index is 0.470. The minimum Gasteiger partial charge on any atom is -0.307 e. The first kappa shape index (κ1) is 10.3. The summed E-state index contributed by atoms with van der Waals surface area (Å²) in [6.45, 7) is 1.08. The van der Waals surface area contributed by atoms with Gasteiger partial charge in [-0.25, -0.2) is 0 Å². The molecule has 1 aliphatic heterocycles. The van der Waals surface area contributed by atoms with E-state index in [0.29, 0.717) is 5.54 Å². The van der Waals surface area contributed by atoms with Crippen molar-refractivity contribution in [1.29, 1.82) is 0 Å². The van der Waals surface area contributed by atoms with Crippen molar-refractivity contribution >= 4 is 0 Å². The molecule has 0 amide bonds. The Hall–Kier alpha value is -0.820. The Morgan fingerprint density at radius 1 is 0.875 bits per heavy atom. The van der Waals surface area contributed by atoms with Crippen LogP contribution in [0.5, 0.6) is 0 Å². The molecule has 1 heteroatoms. The lowest BCUT2D eigenvalue weighted by molar-refractivity contribution is 0.219. The largest absolute Gasteiger partial charge is 0.307 e. The Labute approximate surface area is 98.3 Å². The zero-order valence-corrected chi connectivity index (χ0v) is 9.97. The molecule has 1 aromatic rings. The molecule has 86 valence electrons. The molecule has 0 aromatic heterocycles. The van der Waals surface area contributed by atoms with Crippen LogP contribution in [0.4, 0.5) is 0 Å². The van der Waals surface area contributed by atoms with E-state index in [0.717, 1.165) is 6.54 Å². The molecule has 0 atom stereocenters. The number of aryl methyl sites for hydroxylation is 1. The lowest BCUT2D eigenvalue weighted by Crippen LogP contribution is -2.45. The molecular weight excluding hydrogens is 194 g/mol. The third-order valence-electron chi connectivity index (χ3n) is 4.46. The second kappa shape index (κ2) is 4.21. The van der Waals surface area contributed by atoms with Gasteiger partial charge in [-0.3, -0.25) is 0 Å². The summed E-state index contributed by atoms with van der Waals surface area (Å²) >= 11 is 0. The van der Waals surface area contributed by atoms with E-state index in [-0.39, 0.29) is 0 Å². The van der Waals surface area contributed by atoms with Crippen LogP contribution >= 0.6 is 0 Å². The molecule has 1 nitrogen and oxygen atoms in total. The van der Waals surface area contributed by atoms with E-state index in [4.69, 9.17) is 0 Å². The van der Waals surface area contributed by atoms with Gasteiger partial charge in [-0.05, 0) is 36.8 Å². The first-order valence-electron chi connectivity index (χ1n) is 6.70. The predicted molar refractivity (Wildman–Crippen MR) is 67.4 cm³/mol. The van der Waals surface area contributed by atoms with Crippen LogP contribution in [0.15, 0.2) is 24.3 Å². The fourth-order valence-electron chi connectivity index (χ4n) is 3.37. The fraction of sp³-hybridized carbons (Fsp3) is 0.600. The summed E-state index contributed by atoms with van der Waals surface area (Å²) in [7, 11) is 0. The van der Waals surface area contributed by atoms with E-state index in [2.05, 4.69) is 29.6 Å². The summed E-state index contributed by atoms with van der Waals surface area (Å²) in [5, 5.41) is 3.85. The van der Waals surface area contributed by atoms with Gasteiger partial charge >= 0.3 is 0 Å². The molecule has 1 saturated carbocycles. The molecule has 0 bridgehead atoms. The van der Waals surface area contributed by atoms with Gasteiger partial charge in [0.25, 0.3) is 0 Å². The molecule has 0 radical (unpaired) electrons. The van der Waals surface area contributed by atoms with Crippen LogP contribution in [-0.2, 0) is 13.0 Å². The maximum absolute atomic E-state index is 3.85. The quantitative estimate of drug-likeness (QED) is 0.699. The number of nitrogens with one attached hydrogen (secondary N) is 1. The molecule has 1 fully saturated rings. The van der Waals surface area contributed by atoms with E-state index >= 15 is 0 Å². The number of hydrogen-bond acceptors (Lipinski definition) is 1. The van der Waals surface area contributed by atoms with Gasteiger partial charge in [-0.1, -0.05) is 43.5 Å². The molecule has 3 rings (SSSR count). The van der Waals surface area contributed by atoms with Gasteiger partial charge < -0.3 is 5.32 Å². The summed E-state index contributed by atoms with van der Waals surface area (Å²) in [6, 6.07) is 8.93. The number of fused-ring (bicyclic) bond motifs is 1. The second-order valence-electron chi connectivity index (χ2n) is 5.46. The fourth-order valence-corrected chi connectivity index (χ4v) is 3.37. The summed E-state index contributed by atoms with van der Waals surface area (Å²) in [6.07, 6.45) is 9.66. The third kappa shape index (κ3) is 1.89. The van der Waals surface area contributed by atoms with Gasteiger partial charge in [-0.15, -0.1) is 0 Å². The highest BCUT2D eigenvalue weighted by Gasteiger charge is 2.32. The van der Waals surface area contributed by atoms with Crippen molar-refractivity contribution in [1.82, 2.24) is 5.32 Å². The number of rotatable bonds is 0. The SMILES string of the molecule is c1ccc2c(c1)CCC1(CCCCC1)NC2. The van der Waals surface area contributed by atoms with E-state index in [1.807, 2.05) is 0 Å². The van der Waals surface area contributed by atoms with Crippen LogP contribution in [0.1, 0.15) is 49.7 Å². The van der Waals surface area contributed by atoms with Crippen molar-refractivity contribution in [3.8, 4) is 0 Å². The van der Waals surface area contributed by atoms with Crippen molar-refractivity contribution in [3.05, 3.63) is 35.4 Å². The van der Waals surface area contributed by atoms with Crippen LogP contribution in [0.2, 0.25) is 0 Å². The van der Waals surface area contributed by atoms with Gasteiger partial charge in [0, 0.05) is 12.1 Å². The van der Waals surface area contributed by atoms with E-state index in [9.17, 15) is 0 Å². The van der Waals surface area contributed by atoms with Crippen LogP contribution < -0.4 is 5.32 Å². The van der Waals surface area contributed by atoms with Gasteiger partial charge in [-0.2, -0.15) is 0 Å². The highest BCUT2D eigenvalue weighted by Crippen LogP contribution is 2.34. The molecule has 1 N–H and O–H groups in total. The Bertz CT molecular complexity index is 334. The Kier molecular flexibility index (Phi) is 2.72. The average Bonchev–Trinajstić information content (AvgIpc) is 2.52. The van der Waals surface area contributed by atoms with Gasteiger partial charge in [0.15, 0.2) is 0 Å². The van der Waals surface area contributed by atoms with E-state index in [1.165, 1.54) is 50.5 Å². The maximum Gasteiger partial charge on any atom is 0.0213 e. The van der Waals surface area contributed by atoms with Crippen molar-refractivity contribution in [2.45, 2.75) is 57.0 Å². The number of hydrogen-bond donors (Lipinski definition) is 1. The van der Waals surface area contributed by atoms with Crippen molar-refractivity contribution in [2.24, 2.45) is 0 Å². The van der Waals surface area contributed by atoms with Crippen molar-refractivity contribution < 1.29 is 0 Å². The molecular formula is C15H21N. The predicted octanol–water partition coefficient (Wildman–Crippen LogP) is 3.43. The van der Waals surface area contributed by atoms with Crippen LogP contribution in [0, 0.1) is 0 Å². The van der Waals surface area contributed by atoms with Gasteiger partial charge in [0.05, 0.1) is 0 Å². The van der Waals surface area contributed by atoms with Crippen LogP contribution in [0.25, 0.3) is 0 Å². The smallest absolute Gasteiger partial charge is 0.0213 e. The lowest BCUT2D eigenvalue weighted by atomic mass is 9.78. The van der Waals surface area contributed by atoms with Crippen LogP contribution in [-0.4, -0.2) is 5.54 Å². The molecule has 2 aliphatic rings. The molecule has 1 aromatic carbocycles. The minimum absolute atomic E-state index is 0.470. The number of benzene rings is 1. The molecule has 0 saturated heterocycles. The Balaban J connectivity index is 1.81.